The van der Waals surface area contributed by atoms with E-state index in [9.17, 15) is 13.2 Å². The molecule has 0 bridgehead atoms. The number of carbonyl (C=O) groups is 1. The van der Waals surface area contributed by atoms with Crippen LogP contribution in [-0.2, 0) is 14.8 Å². The lowest BCUT2D eigenvalue weighted by Gasteiger charge is -2.30. The molecule has 0 saturated carbocycles. The van der Waals surface area contributed by atoms with Crippen LogP contribution in [0, 0.1) is 5.92 Å². The van der Waals surface area contributed by atoms with Gasteiger partial charge in [0.25, 0.3) is 0 Å². The Balaban J connectivity index is 1.55. The minimum Gasteiger partial charge on any atom is -0.300 e. The smallest absolute Gasteiger partial charge is 0.243 e. The quantitative estimate of drug-likeness (QED) is 0.500. The minimum absolute atomic E-state index is 0.133. The van der Waals surface area contributed by atoms with Crippen LogP contribution in [0.25, 0.3) is 0 Å². The van der Waals surface area contributed by atoms with E-state index in [0.717, 1.165) is 16.5 Å². The van der Waals surface area contributed by atoms with E-state index in [1.807, 2.05) is 0 Å². The lowest BCUT2D eigenvalue weighted by atomic mass is 9.97. The van der Waals surface area contributed by atoms with Crippen LogP contribution in [-0.4, -0.2) is 47.7 Å². The summed E-state index contributed by atoms with van der Waals surface area (Å²) < 4.78 is 27.7. The Hall–Kier alpha value is -1.20. The number of aromatic nitrogens is 2. The van der Waals surface area contributed by atoms with E-state index in [-0.39, 0.29) is 16.7 Å². The zero-order chi connectivity index (χ0) is 20.1. The van der Waals surface area contributed by atoms with Gasteiger partial charge in [0.05, 0.1) is 4.90 Å². The van der Waals surface area contributed by atoms with Crippen molar-refractivity contribution in [3.05, 3.63) is 29.3 Å². The molecule has 1 aliphatic rings. The molecular weight excluding hydrogens is 440 g/mol. The van der Waals surface area contributed by atoms with E-state index in [1.54, 1.807) is 23.9 Å². The molecule has 0 spiro atoms. The maximum atomic E-state index is 12.7. The maximum Gasteiger partial charge on any atom is 0.243 e. The zero-order valence-electron chi connectivity index (χ0n) is 15.3. The third-order valence-corrected chi connectivity index (χ3v) is 8.69. The van der Waals surface area contributed by atoms with Crippen molar-refractivity contribution in [3.63, 3.8) is 0 Å². The molecule has 1 amide bonds. The predicted molar refractivity (Wildman–Crippen MR) is 112 cm³/mol. The largest absolute Gasteiger partial charge is 0.300 e. The molecule has 0 aliphatic carbocycles. The number of hydrogen-bond acceptors (Lipinski definition) is 7. The van der Waals surface area contributed by atoms with Crippen LogP contribution in [0.15, 0.2) is 33.5 Å². The van der Waals surface area contributed by atoms with Crippen molar-refractivity contribution in [1.82, 2.24) is 14.5 Å². The van der Waals surface area contributed by atoms with Gasteiger partial charge in [0, 0.05) is 29.8 Å². The second kappa shape index (κ2) is 9.53. The number of thioether (sulfide) groups is 1. The summed E-state index contributed by atoms with van der Waals surface area (Å²) in [5.41, 5.74) is 0. The third-order valence-electron chi connectivity index (χ3n) is 4.34. The summed E-state index contributed by atoms with van der Waals surface area (Å²) >= 11 is 8.81. The molecule has 1 aliphatic heterocycles. The van der Waals surface area contributed by atoms with Gasteiger partial charge in [-0.05, 0) is 43.5 Å². The number of rotatable bonds is 7. The average Bonchev–Trinajstić information content (AvgIpc) is 3.14. The third kappa shape index (κ3) is 5.24. The highest BCUT2D eigenvalue weighted by atomic mass is 35.5. The lowest BCUT2D eigenvalue weighted by Crippen LogP contribution is -2.41. The first-order valence-electron chi connectivity index (χ1n) is 8.93. The number of nitrogens with one attached hydrogen (secondary N) is 1. The summed E-state index contributed by atoms with van der Waals surface area (Å²) in [6, 6.07) is 6.12. The van der Waals surface area contributed by atoms with Gasteiger partial charge in [-0.25, -0.2) is 8.42 Å². The molecule has 2 heterocycles. The molecule has 152 valence electrons. The van der Waals surface area contributed by atoms with Crippen molar-refractivity contribution in [2.24, 2.45) is 5.92 Å². The number of piperidine rings is 1. The van der Waals surface area contributed by atoms with Gasteiger partial charge in [-0.2, -0.15) is 4.31 Å². The fourth-order valence-corrected chi connectivity index (χ4v) is 6.11. The summed E-state index contributed by atoms with van der Waals surface area (Å²) in [6.45, 7) is 2.70. The minimum atomic E-state index is -3.57. The highest BCUT2D eigenvalue weighted by Crippen LogP contribution is 2.28. The SMILES string of the molecule is CCCSc1nnc(NC(=O)C2CCN(S(=O)(=O)c3ccc(Cl)cc3)CC2)s1. The van der Waals surface area contributed by atoms with E-state index >= 15 is 0 Å². The number of amides is 1. The van der Waals surface area contributed by atoms with Gasteiger partial charge in [0.2, 0.25) is 21.1 Å². The second-order valence-electron chi connectivity index (χ2n) is 6.34. The van der Waals surface area contributed by atoms with Gasteiger partial charge in [0.15, 0.2) is 4.34 Å². The van der Waals surface area contributed by atoms with Gasteiger partial charge < -0.3 is 5.32 Å². The fraction of sp³-hybridized carbons (Fsp3) is 0.471. The molecule has 1 N–H and O–H groups in total. The van der Waals surface area contributed by atoms with Gasteiger partial charge in [-0.3, -0.25) is 4.79 Å². The van der Waals surface area contributed by atoms with E-state index < -0.39 is 10.0 Å². The number of sulfonamides is 1. The Morgan fingerprint density at radius 3 is 2.61 bits per heavy atom. The number of benzene rings is 1. The Morgan fingerprint density at radius 2 is 1.96 bits per heavy atom. The Kier molecular flexibility index (Phi) is 7.32. The summed E-state index contributed by atoms with van der Waals surface area (Å²) in [5, 5.41) is 11.8. The number of hydrogen-bond donors (Lipinski definition) is 1. The van der Waals surface area contributed by atoms with Crippen molar-refractivity contribution >= 4 is 55.8 Å². The Labute approximate surface area is 177 Å². The molecule has 2 aromatic rings. The molecule has 1 aromatic heterocycles. The van der Waals surface area contributed by atoms with Crippen molar-refractivity contribution in [1.29, 1.82) is 0 Å². The number of halogens is 1. The summed E-state index contributed by atoms with van der Waals surface area (Å²) in [7, 11) is -3.57. The topological polar surface area (TPSA) is 92.3 Å². The second-order valence-corrected chi connectivity index (χ2v) is 11.0. The molecule has 0 unspecified atom stereocenters. The van der Waals surface area contributed by atoms with Crippen molar-refractivity contribution in [2.75, 3.05) is 24.2 Å². The predicted octanol–water partition coefficient (Wildman–Crippen LogP) is 3.73. The van der Waals surface area contributed by atoms with Crippen LogP contribution < -0.4 is 5.32 Å². The molecular formula is C17H21ClN4O3S3. The first-order valence-corrected chi connectivity index (χ1v) is 12.5. The average molecular weight is 461 g/mol. The molecule has 3 rings (SSSR count). The van der Waals surface area contributed by atoms with Crippen LogP contribution >= 0.6 is 34.7 Å². The molecule has 0 radical (unpaired) electrons. The molecule has 28 heavy (non-hydrogen) atoms. The number of anilines is 1. The van der Waals surface area contributed by atoms with Gasteiger partial charge in [0.1, 0.15) is 0 Å². The van der Waals surface area contributed by atoms with Crippen LogP contribution in [0.3, 0.4) is 0 Å². The van der Waals surface area contributed by atoms with Gasteiger partial charge in [-0.15, -0.1) is 10.2 Å². The summed E-state index contributed by atoms with van der Waals surface area (Å²) in [5.74, 6) is 0.586. The van der Waals surface area contributed by atoms with E-state index in [2.05, 4.69) is 22.4 Å². The van der Waals surface area contributed by atoms with Crippen LogP contribution in [0.5, 0.6) is 0 Å². The molecule has 0 atom stereocenters. The van der Waals surface area contributed by atoms with Gasteiger partial charge in [-0.1, -0.05) is 41.6 Å². The molecule has 1 fully saturated rings. The maximum absolute atomic E-state index is 12.7. The molecule has 1 aromatic carbocycles. The van der Waals surface area contributed by atoms with Crippen molar-refractivity contribution in [2.45, 2.75) is 35.4 Å². The van der Waals surface area contributed by atoms with Crippen molar-refractivity contribution in [3.8, 4) is 0 Å². The monoisotopic (exact) mass is 460 g/mol. The summed E-state index contributed by atoms with van der Waals surface area (Å²) in [6.07, 6.45) is 1.98. The normalized spacial score (nSPS) is 16.2. The highest BCUT2D eigenvalue weighted by Gasteiger charge is 2.32. The Morgan fingerprint density at radius 1 is 1.29 bits per heavy atom. The standard InChI is InChI=1S/C17H21ClN4O3S3/c1-2-11-26-17-21-20-16(27-17)19-15(23)12-7-9-22(10-8-12)28(24,25)14-5-3-13(18)4-6-14/h3-6,12H,2,7-11H2,1H3,(H,19,20,23). The van der Waals surface area contributed by atoms with Gasteiger partial charge >= 0.3 is 0 Å². The van der Waals surface area contributed by atoms with Crippen LogP contribution in [0.4, 0.5) is 5.13 Å². The van der Waals surface area contributed by atoms with Crippen molar-refractivity contribution < 1.29 is 13.2 Å². The molecule has 11 heteroatoms. The fourth-order valence-electron chi connectivity index (χ4n) is 2.83. The van der Waals surface area contributed by atoms with E-state index in [0.29, 0.717) is 36.1 Å². The zero-order valence-corrected chi connectivity index (χ0v) is 18.5. The summed E-state index contributed by atoms with van der Waals surface area (Å²) in [4.78, 5) is 12.7. The van der Waals surface area contributed by atoms with Crippen LogP contribution in [0.2, 0.25) is 5.02 Å². The van der Waals surface area contributed by atoms with Crippen LogP contribution in [0.1, 0.15) is 26.2 Å². The molecule has 7 nitrogen and oxygen atoms in total. The number of carbonyl (C=O) groups excluding carboxylic acids is 1. The Bertz CT molecular complexity index is 910. The lowest BCUT2D eigenvalue weighted by molar-refractivity contribution is -0.120. The highest BCUT2D eigenvalue weighted by molar-refractivity contribution is 8.01. The van der Waals surface area contributed by atoms with E-state index in [1.165, 1.54) is 27.8 Å². The van der Waals surface area contributed by atoms with E-state index in [4.69, 9.17) is 11.6 Å². The molecule has 1 saturated heterocycles. The first-order chi connectivity index (χ1) is 13.4. The number of nitrogens with zero attached hydrogens (tertiary/aromatic N) is 3. The first kappa shape index (κ1) is 21.5.